The second-order valence-corrected chi connectivity index (χ2v) is 5.86. The van der Waals surface area contributed by atoms with Crippen molar-refractivity contribution in [1.29, 1.82) is 0 Å². The van der Waals surface area contributed by atoms with Crippen molar-refractivity contribution in [2.24, 2.45) is 5.92 Å². The van der Waals surface area contributed by atoms with E-state index in [1.807, 2.05) is 24.3 Å². The Morgan fingerprint density at radius 2 is 1.75 bits per heavy atom. The Hall–Kier alpha value is -1.51. The van der Waals surface area contributed by atoms with Crippen LogP contribution in [0.15, 0.2) is 24.3 Å². The van der Waals surface area contributed by atoms with E-state index in [0.717, 1.165) is 30.6 Å². The summed E-state index contributed by atoms with van der Waals surface area (Å²) in [7, 11) is 0. The van der Waals surface area contributed by atoms with E-state index in [2.05, 4.69) is 24.5 Å². The van der Waals surface area contributed by atoms with Crippen LogP contribution in [0.25, 0.3) is 0 Å². The minimum Gasteiger partial charge on any atom is -0.383 e. The number of anilines is 2. The zero-order chi connectivity index (χ0) is 14.4. The Morgan fingerprint density at radius 3 is 2.35 bits per heavy atom. The maximum absolute atomic E-state index is 12.1. The number of rotatable bonds is 5. The summed E-state index contributed by atoms with van der Waals surface area (Å²) < 4.78 is 0. The SMILES string of the molecule is CCC(C)Nc1ccc(NC(=O)C2CCCCC2)cc1. The van der Waals surface area contributed by atoms with Gasteiger partial charge in [0.2, 0.25) is 5.91 Å². The van der Waals surface area contributed by atoms with Gasteiger partial charge in [-0.05, 0) is 50.5 Å². The number of carbonyl (C=O) groups is 1. The van der Waals surface area contributed by atoms with Crippen LogP contribution in [0.4, 0.5) is 11.4 Å². The number of benzene rings is 1. The third kappa shape index (κ3) is 4.26. The third-order valence-electron chi connectivity index (χ3n) is 4.15. The maximum Gasteiger partial charge on any atom is 0.227 e. The lowest BCUT2D eigenvalue weighted by Gasteiger charge is -2.21. The molecule has 1 amide bonds. The molecule has 1 aliphatic carbocycles. The molecule has 1 atom stereocenters. The summed E-state index contributed by atoms with van der Waals surface area (Å²) in [6.07, 6.45) is 6.84. The van der Waals surface area contributed by atoms with Crippen LogP contribution in [0.5, 0.6) is 0 Å². The molecule has 20 heavy (non-hydrogen) atoms. The Bertz CT molecular complexity index is 421. The molecule has 3 nitrogen and oxygen atoms in total. The molecule has 0 aromatic heterocycles. The molecule has 1 fully saturated rings. The number of carbonyl (C=O) groups excluding carboxylic acids is 1. The number of amides is 1. The molecule has 110 valence electrons. The summed E-state index contributed by atoms with van der Waals surface area (Å²) in [4.78, 5) is 12.1. The summed E-state index contributed by atoms with van der Waals surface area (Å²) >= 11 is 0. The Balaban J connectivity index is 1.88. The van der Waals surface area contributed by atoms with Crippen molar-refractivity contribution in [1.82, 2.24) is 0 Å². The molecule has 0 aliphatic heterocycles. The van der Waals surface area contributed by atoms with Gasteiger partial charge in [0.05, 0.1) is 0 Å². The lowest BCUT2D eigenvalue weighted by atomic mass is 9.88. The van der Waals surface area contributed by atoms with Crippen molar-refractivity contribution in [2.75, 3.05) is 10.6 Å². The van der Waals surface area contributed by atoms with E-state index >= 15 is 0 Å². The van der Waals surface area contributed by atoms with Crippen LogP contribution < -0.4 is 10.6 Å². The first kappa shape index (κ1) is 14.9. The van der Waals surface area contributed by atoms with Crippen LogP contribution in [0.3, 0.4) is 0 Å². The first-order chi connectivity index (χ1) is 9.69. The van der Waals surface area contributed by atoms with Gasteiger partial charge in [0, 0.05) is 23.3 Å². The normalized spacial score (nSPS) is 17.5. The van der Waals surface area contributed by atoms with Crippen molar-refractivity contribution in [3.8, 4) is 0 Å². The van der Waals surface area contributed by atoms with E-state index in [4.69, 9.17) is 0 Å². The second-order valence-electron chi connectivity index (χ2n) is 5.86. The lowest BCUT2D eigenvalue weighted by Crippen LogP contribution is -2.24. The minimum atomic E-state index is 0.187. The zero-order valence-electron chi connectivity index (χ0n) is 12.6. The molecule has 0 bridgehead atoms. The average Bonchev–Trinajstić information content (AvgIpc) is 2.50. The zero-order valence-corrected chi connectivity index (χ0v) is 12.6. The summed E-state index contributed by atoms with van der Waals surface area (Å²) in [5.74, 6) is 0.397. The van der Waals surface area contributed by atoms with Crippen LogP contribution in [-0.4, -0.2) is 11.9 Å². The van der Waals surface area contributed by atoms with Gasteiger partial charge in [-0.25, -0.2) is 0 Å². The standard InChI is InChI=1S/C17H26N2O/c1-3-13(2)18-15-9-11-16(12-10-15)19-17(20)14-7-5-4-6-8-14/h9-14,18H,3-8H2,1-2H3,(H,19,20). The van der Waals surface area contributed by atoms with Gasteiger partial charge in [-0.15, -0.1) is 0 Å². The van der Waals surface area contributed by atoms with Crippen LogP contribution >= 0.6 is 0 Å². The molecule has 1 unspecified atom stereocenters. The van der Waals surface area contributed by atoms with Gasteiger partial charge in [0.1, 0.15) is 0 Å². The molecule has 1 aromatic carbocycles. The summed E-state index contributed by atoms with van der Waals surface area (Å²) in [5, 5.41) is 6.46. The predicted octanol–water partition coefficient (Wildman–Crippen LogP) is 4.42. The molecule has 1 aromatic rings. The fraction of sp³-hybridized carbons (Fsp3) is 0.588. The summed E-state index contributed by atoms with van der Waals surface area (Å²) in [6, 6.07) is 8.49. The van der Waals surface area contributed by atoms with Crippen molar-refractivity contribution >= 4 is 17.3 Å². The molecule has 0 radical (unpaired) electrons. The van der Waals surface area contributed by atoms with Gasteiger partial charge in [0.15, 0.2) is 0 Å². The molecular formula is C17H26N2O. The number of hydrogen-bond acceptors (Lipinski definition) is 2. The van der Waals surface area contributed by atoms with Gasteiger partial charge in [0.25, 0.3) is 0 Å². The Labute approximate surface area is 122 Å². The molecular weight excluding hydrogens is 248 g/mol. The van der Waals surface area contributed by atoms with E-state index in [1.54, 1.807) is 0 Å². The van der Waals surface area contributed by atoms with Crippen LogP contribution in [0, 0.1) is 5.92 Å². The van der Waals surface area contributed by atoms with Crippen molar-refractivity contribution < 1.29 is 4.79 Å². The first-order valence-electron chi connectivity index (χ1n) is 7.86. The van der Waals surface area contributed by atoms with E-state index < -0.39 is 0 Å². The average molecular weight is 274 g/mol. The van der Waals surface area contributed by atoms with Crippen molar-refractivity contribution in [3.05, 3.63) is 24.3 Å². The van der Waals surface area contributed by atoms with E-state index in [1.165, 1.54) is 19.3 Å². The summed E-state index contributed by atoms with van der Waals surface area (Å²) in [5.41, 5.74) is 2.00. The fourth-order valence-electron chi connectivity index (χ4n) is 2.65. The smallest absolute Gasteiger partial charge is 0.227 e. The van der Waals surface area contributed by atoms with Crippen LogP contribution in [-0.2, 0) is 4.79 Å². The van der Waals surface area contributed by atoms with E-state index in [-0.39, 0.29) is 11.8 Å². The van der Waals surface area contributed by atoms with Gasteiger partial charge < -0.3 is 10.6 Å². The molecule has 1 saturated carbocycles. The molecule has 0 spiro atoms. The van der Waals surface area contributed by atoms with Crippen molar-refractivity contribution in [2.45, 2.75) is 58.4 Å². The molecule has 3 heteroatoms. The quantitative estimate of drug-likeness (QED) is 0.834. The predicted molar refractivity (Wildman–Crippen MR) is 85.0 cm³/mol. The van der Waals surface area contributed by atoms with E-state index in [0.29, 0.717) is 6.04 Å². The topological polar surface area (TPSA) is 41.1 Å². The molecule has 0 saturated heterocycles. The van der Waals surface area contributed by atoms with E-state index in [9.17, 15) is 4.79 Å². The monoisotopic (exact) mass is 274 g/mol. The Morgan fingerprint density at radius 1 is 1.15 bits per heavy atom. The maximum atomic E-state index is 12.1. The number of hydrogen-bond donors (Lipinski definition) is 2. The highest BCUT2D eigenvalue weighted by Gasteiger charge is 2.20. The molecule has 1 aliphatic rings. The molecule has 2 rings (SSSR count). The van der Waals surface area contributed by atoms with Crippen molar-refractivity contribution in [3.63, 3.8) is 0 Å². The van der Waals surface area contributed by atoms with Gasteiger partial charge in [-0.1, -0.05) is 26.2 Å². The third-order valence-corrected chi connectivity index (χ3v) is 4.15. The molecule has 0 heterocycles. The lowest BCUT2D eigenvalue weighted by molar-refractivity contribution is -0.120. The highest BCUT2D eigenvalue weighted by molar-refractivity contribution is 5.92. The molecule has 2 N–H and O–H groups in total. The van der Waals surface area contributed by atoms with Crippen LogP contribution in [0.1, 0.15) is 52.4 Å². The minimum absolute atomic E-state index is 0.187. The first-order valence-corrected chi connectivity index (χ1v) is 7.86. The summed E-state index contributed by atoms with van der Waals surface area (Å²) in [6.45, 7) is 4.33. The largest absolute Gasteiger partial charge is 0.383 e. The fourth-order valence-corrected chi connectivity index (χ4v) is 2.65. The highest BCUT2D eigenvalue weighted by atomic mass is 16.1. The second kappa shape index (κ2) is 7.32. The number of nitrogens with one attached hydrogen (secondary N) is 2. The Kier molecular flexibility index (Phi) is 5.45. The highest BCUT2D eigenvalue weighted by Crippen LogP contribution is 2.25. The van der Waals surface area contributed by atoms with Gasteiger partial charge >= 0.3 is 0 Å². The van der Waals surface area contributed by atoms with Gasteiger partial charge in [-0.2, -0.15) is 0 Å². The van der Waals surface area contributed by atoms with Gasteiger partial charge in [-0.3, -0.25) is 4.79 Å². The van der Waals surface area contributed by atoms with Crippen LogP contribution in [0.2, 0.25) is 0 Å².